The molecule has 0 spiro atoms. The lowest BCUT2D eigenvalue weighted by molar-refractivity contribution is -0.148. The number of nitrogens with zero attached hydrogens (tertiary/aromatic N) is 1. The molecule has 1 N–H and O–H groups in total. The van der Waals surface area contributed by atoms with Gasteiger partial charge >= 0.3 is 5.97 Å². The fraction of sp³-hybridized carbons (Fsp3) is 0.933. The molecule has 1 heterocycles. The van der Waals surface area contributed by atoms with E-state index in [1.165, 1.54) is 39.2 Å². The number of rotatable bonds is 5. The molecule has 2 fully saturated rings. The topological polar surface area (TPSA) is 41.6 Å². The summed E-state index contributed by atoms with van der Waals surface area (Å²) in [4.78, 5) is 14.5. The lowest BCUT2D eigenvalue weighted by atomic mass is 10.0. The summed E-state index contributed by atoms with van der Waals surface area (Å²) >= 11 is 0. The van der Waals surface area contributed by atoms with Crippen LogP contribution in [0.2, 0.25) is 0 Å². The van der Waals surface area contributed by atoms with Crippen LogP contribution in [0.4, 0.5) is 0 Å². The zero-order chi connectivity index (χ0) is 13.9. The molecule has 1 saturated carbocycles. The minimum atomic E-state index is -0.552. The van der Waals surface area contributed by atoms with Crippen molar-refractivity contribution in [3.8, 4) is 0 Å². The lowest BCUT2D eigenvalue weighted by Gasteiger charge is -2.34. The van der Waals surface area contributed by atoms with Crippen molar-refractivity contribution in [3.63, 3.8) is 0 Å². The molecular formula is C15H28N2O2. The van der Waals surface area contributed by atoms with Crippen molar-refractivity contribution in [3.05, 3.63) is 0 Å². The molecule has 4 heteroatoms. The predicted molar refractivity (Wildman–Crippen MR) is 76.0 cm³/mol. The van der Waals surface area contributed by atoms with Crippen LogP contribution in [0.1, 0.15) is 46.0 Å². The average molecular weight is 268 g/mol. The Bertz CT molecular complexity index is 317. The summed E-state index contributed by atoms with van der Waals surface area (Å²) in [5.74, 6) is 0.683. The van der Waals surface area contributed by atoms with E-state index >= 15 is 0 Å². The van der Waals surface area contributed by atoms with Gasteiger partial charge in [0.05, 0.1) is 7.11 Å². The highest BCUT2D eigenvalue weighted by molar-refractivity contribution is 5.80. The maximum absolute atomic E-state index is 12.1. The molecule has 1 aliphatic heterocycles. The number of hydrogen-bond donors (Lipinski definition) is 1. The second-order valence-electron chi connectivity index (χ2n) is 6.55. The van der Waals surface area contributed by atoms with Gasteiger partial charge in [0.2, 0.25) is 0 Å². The molecule has 0 aromatic carbocycles. The van der Waals surface area contributed by atoms with Crippen LogP contribution in [0.15, 0.2) is 0 Å². The Kier molecular flexibility index (Phi) is 4.85. The molecule has 19 heavy (non-hydrogen) atoms. The number of esters is 1. The van der Waals surface area contributed by atoms with Crippen LogP contribution in [0.5, 0.6) is 0 Å². The highest BCUT2D eigenvalue weighted by atomic mass is 16.5. The van der Waals surface area contributed by atoms with Crippen molar-refractivity contribution in [1.82, 2.24) is 10.2 Å². The van der Waals surface area contributed by atoms with Crippen molar-refractivity contribution in [1.29, 1.82) is 0 Å². The molecule has 1 aliphatic carbocycles. The quantitative estimate of drug-likeness (QED) is 0.772. The Labute approximate surface area is 116 Å². The Balaban J connectivity index is 1.95. The third-order valence-corrected chi connectivity index (χ3v) is 4.39. The van der Waals surface area contributed by atoms with Crippen LogP contribution in [0.25, 0.3) is 0 Å². The normalized spacial score (nSPS) is 28.5. The molecule has 0 aromatic heterocycles. The Morgan fingerprint density at radius 2 is 2.05 bits per heavy atom. The number of ether oxygens (including phenoxy) is 1. The maximum atomic E-state index is 12.1. The Morgan fingerprint density at radius 1 is 1.32 bits per heavy atom. The third-order valence-electron chi connectivity index (χ3n) is 4.39. The van der Waals surface area contributed by atoms with E-state index < -0.39 is 5.54 Å². The van der Waals surface area contributed by atoms with E-state index in [9.17, 15) is 4.79 Å². The standard InChI is InChI=1S/C15H28N2O2/c1-12-5-4-9-17(10-8-12)11-15(2,14(18)19-3)16-13-6-7-13/h12-13,16H,4-11H2,1-3H3. The maximum Gasteiger partial charge on any atom is 0.327 e. The monoisotopic (exact) mass is 268 g/mol. The summed E-state index contributed by atoms with van der Waals surface area (Å²) in [7, 11) is 1.49. The van der Waals surface area contributed by atoms with Gasteiger partial charge in [-0.05, 0) is 58.0 Å². The van der Waals surface area contributed by atoms with Crippen molar-refractivity contribution >= 4 is 5.97 Å². The van der Waals surface area contributed by atoms with E-state index in [1.54, 1.807) is 0 Å². The Morgan fingerprint density at radius 3 is 2.68 bits per heavy atom. The highest BCUT2D eigenvalue weighted by Gasteiger charge is 2.40. The van der Waals surface area contributed by atoms with Gasteiger partial charge in [-0.1, -0.05) is 6.92 Å². The van der Waals surface area contributed by atoms with Crippen LogP contribution < -0.4 is 5.32 Å². The van der Waals surface area contributed by atoms with Gasteiger partial charge in [-0.25, -0.2) is 0 Å². The van der Waals surface area contributed by atoms with Crippen LogP contribution in [-0.2, 0) is 9.53 Å². The summed E-state index contributed by atoms with van der Waals surface area (Å²) < 4.78 is 5.01. The number of carbonyl (C=O) groups is 1. The molecule has 2 unspecified atom stereocenters. The van der Waals surface area contributed by atoms with Crippen LogP contribution in [-0.4, -0.2) is 49.2 Å². The van der Waals surface area contributed by atoms with Gasteiger partial charge in [-0.15, -0.1) is 0 Å². The first-order chi connectivity index (χ1) is 9.03. The second-order valence-corrected chi connectivity index (χ2v) is 6.55. The van der Waals surface area contributed by atoms with Gasteiger partial charge in [-0.2, -0.15) is 0 Å². The van der Waals surface area contributed by atoms with Crippen LogP contribution in [0.3, 0.4) is 0 Å². The molecule has 0 bridgehead atoms. The lowest BCUT2D eigenvalue weighted by Crippen LogP contribution is -2.58. The fourth-order valence-electron chi connectivity index (χ4n) is 3.00. The molecule has 110 valence electrons. The van der Waals surface area contributed by atoms with E-state index in [2.05, 4.69) is 17.1 Å². The van der Waals surface area contributed by atoms with E-state index in [0.717, 1.165) is 25.6 Å². The fourth-order valence-corrected chi connectivity index (χ4v) is 3.00. The minimum absolute atomic E-state index is 0.128. The summed E-state index contributed by atoms with van der Waals surface area (Å²) in [6.07, 6.45) is 6.15. The second kappa shape index (κ2) is 6.23. The summed E-state index contributed by atoms with van der Waals surface area (Å²) in [6, 6.07) is 0.509. The van der Waals surface area contributed by atoms with E-state index in [0.29, 0.717) is 6.04 Å². The molecule has 2 rings (SSSR count). The number of nitrogens with one attached hydrogen (secondary N) is 1. The first kappa shape index (κ1) is 14.8. The molecule has 2 aliphatic rings. The number of methoxy groups -OCH3 is 1. The highest BCUT2D eigenvalue weighted by Crippen LogP contribution is 2.25. The third kappa shape index (κ3) is 4.18. The Hall–Kier alpha value is -0.610. The molecular weight excluding hydrogens is 240 g/mol. The minimum Gasteiger partial charge on any atom is -0.468 e. The van der Waals surface area contributed by atoms with Crippen LogP contribution >= 0.6 is 0 Å². The number of carbonyl (C=O) groups excluding carboxylic acids is 1. The summed E-state index contributed by atoms with van der Waals surface area (Å²) in [6.45, 7) is 7.28. The molecule has 0 amide bonds. The average Bonchev–Trinajstić information content (AvgIpc) is 3.18. The zero-order valence-corrected chi connectivity index (χ0v) is 12.6. The van der Waals surface area contributed by atoms with Gasteiger partial charge in [0, 0.05) is 12.6 Å². The predicted octanol–water partition coefficient (Wildman–Crippen LogP) is 1.79. The van der Waals surface area contributed by atoms with Gasteiger partial charge in [0.1, 0.15) is 5.54 Å². The molecule has 4 nitrogen and oxygen atoms in total. The number of hydrogen-bond acceptors (Lipinski definition) is 4. The molecule has 0 radical (unpaired) electrons. The SMILES string of the molecule is COC(=O)C(C)(CN1CCCC(C)CC1)NC1CC1. The van der Waals surface area contributed by atoms with Gasteiger partial charge < -0.3 is 9.64 Å². The molecule has 0 aromatic rings. The van der Waals surface area contributed by atoms with Crippen molar-refractivity contribution < 1.29 is 9.53 Å². The first-order valence-corrected chi connectivity index (χ1v) is 7.62. The first-order valence-electron chi connectivity index (χ1n) is 7.62. The van der Waals surface area contributed by atoms with Gasteiger partial charge in [-0.3, -0.25) is 10.1 Å². The summed E-state index contributed by atoms with van der Waals surface area (Å²) in [5.41, 5.74) is -0.552. The van der Waals surface area contributed by atoms with Crippen molar-refractivity contribution in [2.24, 2.45) is 5.92 Å². The summed E-state index contributed by atoms with van der Waals surface area (Å²) in [5, 5.41) is 3.48. The van der Waals surface area contributed by atoms with Gasteiger partial charge in [0.15, 0.2) is 0 Å². The van der Waals surface area contributed by atoms with E-state index in [-0.39, 0.29) is 5.97 Å². The van der Waals surface area contributed by atoms with E-state index in [1.807, 2.05) is 6.92 Å². The number of likely N-dealkylation sites (tertiary alicyclic amines) is 1. The van der Waals surface area contributed by atoms with E-state index in [4.69, 9.17) is 4.74 Å². The zero-order valence-electron chi connectivity index (χ0n) is 12.6. The van der Waals surface area contributed by atoms with Crippen LogP contribution in [0, 0.1) is 5.92 Å². The van der Waals surface area contributed by atoms with Crippen molar-refractivity contribution in [2.45, 2.75) is 57.5 Å². The molecule has 1 saturated heterocycles. The smallest absolute Gasteiger partial charge is 0.327 e. The largest absolute Gasteiger partial charge is 0.468 e. The van der Waals surface area contributed by atoms with Crippen molar-refractivity contribution in [2.75, 3.05) is 26.7 Å². The van der Waals surface area contributed by atoms with Gasteiger partial charge in [0.25, 0.3) is 0 Å². The molecule has 2 atom stereocenters.